The van der Waals surface area contributed by atoms with Gasteiger partial charge in [-0.05, 0) is 25.2 Å². The van der Waals surface area contributed by atoms with Crippen LogP contribution in [0.25, 0.3) is 0 Å². The molecule has 0 aromatic heterocycles. The zero-order valence-electron chi connectivity index (χ0n) is 6.01. The molecule has 0 aromatic rings. The van der Waals surface area contributed by atoms with Crippen molar-refractivity contribution in [3.05, 3.63) is 0 Å². The van der Waals surface area contributed by atoms with Crippen molar-refractivity contribution in [2.45, 2.75) is 19.3 Å². The highest BCUT2D eigenvalue weighted by Crippen LogP contribution is 2.18. The van der Waals surface area contributed by atoms with Gasteiger partial charge in [0.15, 0.2) is 0 Å². The van der Waals surface area contributed by atoms with Crippen molar-refractivity contribution in [3.8, 4) is 0 Å². The van der Waals surface area contributed by atoms with Gasteiger partial charge in [0.1, 0.15) is 23.0 Å². The highest BCUT2D eigenvalue weighted by molar-refractivity contribution is 14.1. The molecule has 0 saturated carbocycles. The molecule has 1 aliphatic heterocycles. The summed E-state index contributed by atoms with van der Waals surface area (Å²) in [5, 5.41) is 0. The van der Waals surface area contributed by atoms with Crippen molar-refractivity contribution in [1.82, 2.24) is 0 Å². The monoisotopic (exact) mass is 256 g/mol. The molecule has 1 heterocycles. The third-order valence-corrected chi connectivity index (χ3v) is 2.38. The molecule has 10 heavy (non-hydrogen) atoms. The predicted molar refractivity (Wildman–Crippen MR) is 48.1 cm³/mol. The third-order valence-electron chi connectivity index (χ3n) is 1.94. The third kappa shape index (κ3) is 3.16. The summed E-state index contributed by atoms with van der Waals surface area (Å²) >= 11 is 1.95. The summed E-state index contributed by atoms with van der Waals surface area (Å²) in [5.74, 6) is 0.850. The molecule has 1 saturated heterocycles. The fourth-order valence-corrected chi connectivity index (χ4v) is 1.50. The van der Waals surface area contributed by atoms with Gasteiger partial charge in [-0.25, -0.2) is 0 Å². The van der Waals surface area contributed by atoms with Crippen molar-refractivity contribution in [2.75, 3.05) is 19.8 Å². The Balaban J connectivity index is 2.02. The standard InChI is InChI=1S/C7H13IO2/c8-10-6-3-7-1-4-9-5-2-7/h7H,1-6H2. The van der Waals surface area contributed by atoms with Crippen molar-refractivity contribution in [2.24, 2.45) is 5.92 Å². The molecule has 60 valence electrons. The van der Waals surface area contributed by atoms with Crippen LogP contribution in [0.3, 0.4) is 0 Å². The fraction of sp³-hybridized carbons (Fsp3) is 1.00. The Morgan fingerprint density at radius 3 is 2.70 bits per heavy atom. The first-order valence-corrected chi connectivity index (χ1v) is 4.63. The molecule has 2 nitrogen and oxygen atoms in total. The molecule has 0 aliphatic carbocycles. The molecule has 0 unspecified atom stereocenters. The maximum absolute atomic E-state index is 5.24. The maximum Gasteiger partial charge on any atom is 0.109 e. The molecule has 1 fully saturated rings. The second-order valence-corrected chi connectivity index (χ2v) is 3.28. The molecule has 1 rings (SSSR count). The quantitative estimate of drug-likeness (QED) is 0.720. The second kappa shape index (κ2) is 5.32. The van der Waals surface area contributed by atoms with E-state index in [9.17, 15) is 0 Å². The largest absolute Gasteiger partial charge is 0.381 e. The summed E-state index contributed by atoms with van der Waals surface area (Å²) in [5.41, 5.74) is 0. The lowest BCUT2D eigenvalue weighted by atomic mass is 9.97. The normalized spacial score (nSPS) is 21.3. The number of halogens is 1. The molecular formula is C7H13IO2. The van der Waals surface area contributed by atoms with Gasteiger partial charge in [-0.2, -0.15) is 0 Å². The van der Waals surface area contributed by atoms with Gasteiger partial charge < -0.3 is 7.80 Å². The van der Waals surface area contributed by atoms with E-state index in [1.54, 1.807) is 0 Å². The topological polar surface area (TPSA) is 18.5 Å². The first kappa shape index (κ1) is 8.74. The van der Waals surface area contributed by atoms with Crippen LogP contribution in [0, 0.1) is 5.92 Å². The summed E-state index contributed by atoms with van der Waals surface area (Å²) in [4.78, 5) is 0. The Morgan fingerprint density at radius 1 is 1.40 bits per heavy atom. The lowest BCUT2D eigenvalue weighted by molar-refractivity contribution is 0.0611. The molecule has 0 radical (unpaired) electrons. The van der Waals surface area contributed by atoms with Gasteiger partial charge in [0.25, 0.3) is 0 Å². The van der Waals surface area contributed by atoms with E-state index in [1.807, 2.05) is 23.0 Å². The average molecular weight is 256 g/mol. The van der Waals surface area contributed by atoms with Crippen LogP contribution in [-0.4, -0.2) is 19.8 Å². The van der Waals surface area contributed by atoms with Crippen molar-refractivity contribution >= 4 is 23.0 Å². The smallest absolute Gasteiger partial charge is 0.109 e. The number of ether oxygens (including phenoxy) is 1. The molecule has 0 N–H and O–H groups in total. The van der Waals surface area contributed by atoms with Gasteiger partial charge >= 0.3 is 0 Å². The fourth-order valence-electron chi connectivity index (χ4n) is 1.25. The molecule has 1 aliphatic rings. The average Bonchev–Trinajstić information content (AvgIpc) is 2.03. The van der Waals surface area contributed by atoms with Crippen LogP contribution in [-0.2, 0) is 7.80 Å². The summed E-state index contributed by atoms with van der Waals surface area (Å²) in [6, 6.07) is 0. The minimum absolute atomic E-state index is 0.850. The van der Waals surface area contributed by atoms with Crippen LogP contribution in [0.2, 0.25) is 0 Å². The molecular weight excluding hydrogens is 243 g/mol. The first-order chi connectivity index (χ1) is 4.93. The summed E-state index contributed by atoms with van der Waals surface area (Å²) in [6.45, 7) is 2.79. The highest BCUT2D eigenvalue weighted by Gasteiger charge is 2.12. The van der Waals surface area contributed by atoms with Crippen molar-refractivity contribution in [3.63, 3.8) is 0 Å². The minimum atomic E-state index is 0.850. The zero-order chi connectivity index (χ0) is 7.23. The summed E-state index contributed by atoms with van der Waals surface area (Å²) in [7, 11) is 0. The van der Waals surface area contributed by atoms with Crippen LogP contribution in [0.1, 0.15) is 19.3 Å². The maximum atomic E-state index is 5.24. The Labute approximate surface area is 76.0 Å². The van der Waals surface area contributed by atoms with E-state index in [0.717, 1.165) is 25.7 Å². The van der Waals surface area contributed by atoms with Gasteiger partial charge in [-0.1, -0.05) is 0 Å². The number of hydrogen-bond acceptors (Lipinski definition) is 2. The van der Waals surface area contributed by atoms with Crippen LogP contribution < -0.4 is 0 Å². The molecule has 0 bridgehead atoms. The van der Waals surface area contributed by atoms with Gasteiger partial charge in [-0.3, -0.25) is 0 Å². The lowest BCUT2D eigenvalue weighted by Gasteiger charge is -2.20. The van der Waals surface area contributed by atoms with E-state index < -0.39 is 0 Å². The Morgan fingerprint density at radius 2 is 2.10 bits per heavy atom. The molecule has 0 atom stereocenters. The molecule has 0 aromatic carbocycles. The first-order valence-electron chi connectivity index (χ1n) is 3.75. The van der Waals surface area contributed by atoms with E-state index in [-0.39, 0.29) is 0 Å². The SMILES string of the molecule is IOCCC1CCOCC1. The van der Waals surface area contributed by atoms with Crippen molar-refractivity contribution in [1.29, 1.82) is 0 Å². The number of hydrogen-bond donors (Lipinski definition) is 0. The minimum Gasteiger partial charge on any atom is -0.381 e. The van der Waals surface area contributed by atoms with E-state index in [1.165, 1.54) is 19.3 Å². The van der Waals surface area contributed by atoms with E-state index in [0.29, 0.717) is 0 Å². The number of rotatable bonds is 3. The Bertz CT molecular complexity index is 81.7. The van der Waals surface area contributed by atoms with E-state index >= 15 is 0 Å². The van der Waals surface area contributed by atoms with Crippen LogP contribution in [0.5, 0.6) is 0 Å². The predicted octanol–water partition coefficient (Wildman–Crippen LogP) is 2.17. The Kier molecular flexibility index (Phi) is 4.65. The van der Waals surface area contributed by atoms with Crippen LogP contribution in [0.15, 0.2) is 0 Å². The molecule has 0 spiro atoms. The lowest BCUT2D eigenvalue weighted by Crippen LogP contribution is -2.16. The van der Waals surface area contributed by atoms with Gasteiger partial charge in [0.05, 0.1) is 6.61 Å². The van der Waals surface area contributed by atoms with E-state index in [4.69, 9.17) is 7.80 Å². The van der Waals surface area contributed by atoms with Gasteiger partial charge in [-0.15, -0.1) is 0 Å². The van der Waals surface area contributed by atoms with Crippen LogP contribution in [0.4, 0.5) is 0 Å². The van der Waals surface area contributed by atoms with Gasteiger partial charge in [0, 0.05) is 13.2 Å². The van der Waals surface area contributed by atoms with Crippen LogP contribution >= 0.6 is 23.0 Å². The molecule has 3 heteroatoms. The molecule has 0 amide bonds. The summed E-state index contributed by atoms with van der Waals surface area (Å²) < 4.78 is 10.2. The van der Waals surface area contributed by atoms with Gasteiger partial charge in [0.2, 0.25) is 0 Å². The Hall–Kier alpha value is 0.650. The second-order valence-electron chi connectivity index (χ2n) is 2.66. The highest BCUT2D eigenvalue weighted by atomic mass is 127. The van der Waals surface area contributed by atoms with Crippen molar-refractivity contribution < 1.29 is 7.80 Å². The zero-order valence-corrected chi connectivity index (χ0v) is 8.17. The van der Waals surface area contributed by atoms with E-state index in [2.05, 4.69) is 0 Å². The summed E-state index contributed by atoms with van der Waals surface area (Å²) in [6.07, 6.45) is 3.65.